The highest BCUT2D eigenvalue weighted by Gasteiger charge is 2.48. The fourth-order valence-electron chi connectivity index (χ4n) is 11.8. The molecule has 7 heterocycles. The van der Waals surface area contributed by atoms with Gasteiger partial charge in [-0.1, -0.05) is 40.3 Å². The number of esters is 1. The van der Waals surface area contributed by atoms with Crippen molar-refractivity contribution in [3.63, 3.8) is 0 Å². The fourth-order valence-corrected chi connectivity index (χ4v) is 14.9. The number of hydrogen-bond donors (Lipinski definition) is 2. The molecule has 5 amide bonds. The quantitative estimate of drug-likeness (QED) is 0.111. The van der Waals surface area contributed by atoms with Crippen molar-refractivity contribution in [3.8, 4) is 22.5 Å². The molecule has 18 heteroatoms. The number of carbonyl (C=O) groups is 5. The van der Waals surface area contributed by atoms with Crippen molar-refractivity contribution < 1.29 is 33.4 Å². The standard InChI is InChI=1S/C51H66N9O7SSi/c1-9-39(61)57-24-19-51(20-25-57)18-13-22-58(29-51)48(64)56(7)43(31(3)4)46(62)55-69-28-38-53-36(27-68-38)32-16-17-37-34(26-32)40-41(45(66-8)42-33(14-11-21-52-42)44(40)59(37)10-2)50(5,6)30-67-47(63)35-15-12-23-60(54-35)49(69)65/h9,11,14,16-17,21,26-27,31,35,41,43,45,54H,1,10,12-13,15,18-20,22-25,28-30H2,2-8H3,(H,55,62)/t35-,41?,43-,45-/m0/s1. The summed E-state index contributed by atoms with van der Waals surface area (Å²) in [7, 11) is 0.905. The molecule has 4 aliphatic heterocycles. The van der Waals surface area contributed by atoms with Crippen molar-refractivity contribution in [3.05, 3.63) is 70.8 Å². The Kier molecular flexibility index (Phi) is 13.7. The van der Waals surface area contributed by atoms with Crippen LogP contribution in [0.15, 0.2) is 54.6 Å². The highest BCUT2D eigenvalue weighted by atomic mass is 32.1. The molecule has 69 heavy (non-hydrogen) atoms. The van der Waals surface area contributed by atoms with Gasteiger partial charge in [-0.15, -0.1) is 11.3 Å². The number of fused-ring (bicyclic) bond motifs is 8. The molecule has 3 aromatic heterocycles. The summed E-state index contributed by atoms with van der Waals surface area (Å²) in [6.07, 6.45) is 7.16. The van der Waals surface area contributed by atoms with Crippen LogP contribution in [-0.2, 0) is 36.4 Å². The third-order valence-corrected chi connectivity index (χ3v) is 18.5. The van der Waals surface area contributed by atoms with Gasteiger partial charge in [0.2, 0.25) is 17.3 Å². The lowest BCUT2D eigenvalue weighted by Gasteiger charge is -2.48. The summed E-state index contributed by atoms with van der Waals surface area (Å²) in [6, 6.07) is 8.80. The zero-order valence-corrected chi connectivity index (χ0v) is 42.8. The average molecular weight is 977 g/mol. The molecule has 0 saturated carbocycles. The predicted molar refractivity (Wildman–Crippen MR) is 266 cm³/mol. The number of ether oxygens (including phenoxy) is 2. The van der Waals surface area contributed by atoms with E-state index in [0.717, 1.165) is 76.9 Å². The number of cyclic esters (lactones) is 1. The van der Waals surface area contributed by atoms with Crippen LogP contribution in [0.2, 0.25) is 0 Å². The zero-order chi connectivity index (χ0) is 48.9. The highest BCUT2D eigenvalue weighted by molar-refractivity contribution is 7.10. The molecule has 367 valence electrons. The Morgan fingerprint density at radius 3 is 2.61 bits per heavy atom. The monoisotopic (exact) mass is 976 g/mol. The Morgan fingerprint density at radius 1 is 1.10 bits per heavy atom. The lowest BCUT2D eigenvalue weighted by Crippen LogP contribution is -2.64. The number of methoxy groups -OCH3 is 1. The zero-order valence-electron chi connectivity index (χ0n) is 41.0. The van der Waals surface area contributed by atoms with E-state index in [-0.39, 0.29) is 47.4 Å². The molecule has 1 spiro atoms. The van der Waals surface area contributed by atoms with Gasteiger partial charge in [0.15, 0.2) is 0 Å². The van der Waals surface area contributed by atoms with Gasteiger partial charge in [-0.3, -0.25) is 29.2 Å². The molecule has 1 radical (unpaired) electrons. The molecular formula is C51H66N9O7SSi. The van der Waals surface area contributed by atoms with E-state index >= 15 is 0 Å². The summed E-state index contributed by atoms with van der Waals surface area (Å²) in [5.41, 5.74) is 8.95. The molecule has 2 N–H and O–H groups in total. The van der Waals surface area contributed by atoms with Crippen LogP contribution in [0.3, 0.4) is 0 Å². The smallest absolute Gasteiger partial charge is 0.324 e. The van der Waals surface area contributed by atoms with Crippen molar-refractivity contribution in [2.24, 2.45) is 16.7 Å². The summed E-state index contributed by atoms with van der Waals surface area (Å²) >= 11 is 1.45. The first-order chi connectivity index (χ1) is 33.1. The van der Waals surface area contributed by atoms with Crippen LogP contribution in [0.1, 0.15) is 101 Å². The maximum atomic E-state index is 14.9. The van der Waals surface area contributed by atoms with Gasteiger partial charge in [0, 0.05) is 104 Å². The molecule has 1 aliphatic carbocycles. The van der Waals surface area contributed by atoms with Crippen LogP contribution in [0.4, 0.5) is 9.59 Å². The molecule has 5 aliphatic rings. The lowest BCUT2D eigenvalue weighted by molar-refractivity contribution is -0.153. The Morgan fingerprint density at radius 2 is 1.88 bits per heavy atom. The highest BCUT2D eigenvalue weighted by Crippen LogP contribution is 2.57. The van der Waals surface area contributed by atoms with E-state index in [1.54, 1.807) is 20.4 Å². The van der Waals surface area contributed by atoms with Crippen molar-refractivity contribution in [2.75, 3.05) is 53.5 Å². The minimum Gasteiger partial charge on any atom is -0.464 e. The number of hydrogen-bond acceptors (Lipinski definition) is 11. The second kappa shape index (κ2) is 19.4. The minimum atomic E-state index is -2.48. The molecule has 3 saturated heterocycles. The molecule has 4 aromatic rings. The first-order valence-electron chi connectivity index (χ1n) is 24.5. The van der Waals surface area contributed by atoms with Crippen LogP contribution in [0.25, 0.3) is 33.4 Å². The fraction of sp³-hybridized carbons (Fsp3) is 0.549. The van der Waals surface area contributed by atoms with Gasteiger partial charge >= 0.3 is 12.0 Å². The summed E-state index contributed by atoms with van der Waals surface area (Å²) in [4.78, 5) is 88.9. The number of carbonyl (C=O) groups excluding carboxylic acids is 5. The number of urea groups is 1. The van der Waals surface area contributed by atoms with Gasteiger partial charge in [0.05, 0.1) is 28.7 Å². The number of pyridine rings is 1. The summed E-state index contributed by atoms with van der Waals surface area (Å²) < 4.78 is 15.0. The lowest BCUT2D eigenvalue weighted by atomic mass is 9.67. The number of nitrogens with one attached hydrogen (secondary N) is 2. The van der Waals surface area contributed by atoms with Crippen LogP contribution >= 0.6 is 11.3 Å². The third kappa shape index (κ3) is 9.01. The largest absolute Gasteiger partial charge is 0.464 e. The van der Waals surface area contributed by atoms with Crippen molar-refractivity contribution in [1.29, 1.82) is 0 Å². The van der Waals surface area contributed by atoms with E-state index in [1.165, 1.54) is 27.3 Å². The molecule has 3 fully saturated rings. The number of aryl methyl sites for hydroxylation is 1. The Labute approximate surface area is 410 Å². The van der Waals surface area contributed by atoms with Gasteiger partial charge in [-0.25, -0.2) is 15.2 Å². The number of piperidine rings is 2. The second-order valence-corrected chi connectivity index (χ2v) is 23.5. The van der Waals surface area contributed by atoms with Gasteiger partial charge < -0.3 is 33.7 Å². The molecule has 9 rings (SSSR count). The maximum absolute atomic E-state index is 14.9. The Balaban J connectivity index is 1.04. The van der Waals surface area contributed by atoms with Crippen LogP contribution in [-0.4, -0.2) is 138 Å². The minimum absolute atomic E-state index is 0.0701. The summed E-state index contributed by atoms with van der Waals surface area (Å²) in [5.74, 6) is -1.47. The van der Waals surface area contributed by atoms with E-state index in [2.05, 4.69) is 66.6 Å². The van der Waals surface area contributed by atoms with Gasteiger partial charge in [0.25, 0.3) is 8.96 Å². The number of amides is 5. The van der Waals surface area contributed by atoms with Crippen LogP contribution < -0.4 is 10.4 Å². The number of likely N-dealkylation sites (tertiary alicyclic amines) is 2. The first kappa shape index (κ1) is 48.6. The second-order valence-electron chi connectivity index (χ2n) is 20.6. The SMILES string of the molecule is C=CC(=O)N1CCC2(CCCN(C(=O)N(C)[C@H](C(=O)N[Si]3Cc4nc(cs4)-c4ccc5c(c4)c4c(n5CC)-c5cccnc5[C@@H](OC)C4C(C)(C)COC(=O)[C@@H]4CCCN(N4)C3=O)C(C)C)C2)CC1. The summed E-state index contributed by atoms with van der Waals surface area (Å²) in [5, 5.41) is 5.24. The number of hydrazine groups is 1. The van der Waals surface area contributed by atoms with Crippen LogP contribution in [0.5, 0.6) is 0 Å². The summed E-state index contributed by atoms with van der Waals surface area (Å²) in [6.45, 7) is 17.4. The van der Waals surface area contributed by atoms with E-state index in [4.69, 9.17) is 19.4 Å². The Hall–Kier alpha value is -5.43. The van der Waals surface area contributed by atoms with Crippen molar-refractivity contribution in [2.45, 2.75) is 110 Å². The molecule has 1 aromatic carbocycles. The van der Waals surface area contributed by atoms with E-state index in [1.807, 2.05) is 35.1 Å². The number of benzene rings is 1. The van der Waals surface area contributed by atoms with Crippen LogP contribution in [0, 0.1) is 16.7 Å². The van der Waals surface area contributed by atoms with Gasteiger partial charge in [0.1, 0.15) is 18.2 Å². The van der Waals surface area contributed by atoms with E-state index in [0.29, 0.717) is 50.6 Å². The normalized spacial score (nSPS) is 23.0. The molecule has 6 bridgehead atoms. The number of rotatable bonds is 7. The molecular weight excluding hydrogens is 911 g/mol. The Bertz CT molecular complexity index is 2660. The van der Waals surface area contributed by atoms with E-state index < -0.39 is 44.4 Å². The van der Waals surface area contributed by atoms with E-state index in [9.17, 15) is 24.0 Å². The molecule has 16 nitrogen and oxygen atoms in total. The first-order valence-corrected chi connectivity index (χ1v) is 27.1. The average Bonchev–Trinajstić information content (AvgIpc) is 3.96. The number of likely N-dealkylation sites (N-methyl/N-ethyl adjacent to an activating group) is 1. The molecule has 4 atom stereocenters. The van der Waals surface area contributed by atoms with Crippen molar-refractivity contribution >= 4 is 60.5 Å². The maximum Gasteiger partial charge on any atom is 0.324 e. The van der Waals surface area contributed by atoms with Gasteiger partial charge in [-0.05, 0) is 92.7 Å². The predicted octanol–water partition coefficient (Wildman–Crippen LogP) is 7.04. The number of aromatic nitrogens is 3. The number of thiazole rings is 1. The topological polar surface area (TPSA) is 172 Å². The van der Waals surface area contributed by atoms with Crippen molar-refractivity contribution in [1.82, 2.24) is 44.7 Å². The third-order valence-electron chi connectivity index (χ3n) is 15.4. The number of nitrogens with zero attached hydrogens (tertiary/aromatic N) is 7. The van der Waals surface area contributed by atoms with Gasteiger partial charge in [-0.2, -0.15) is 0 Å². The molecule has 1 unspecified atom stereocenters.